The highest BCUT2D eigenvalue weighted by Crippen LogP contribution is 2.03. The molecule has 0 spiro atoms. The zero-order chi connectivity index (χ0) is 11.1. The zero-order valence-corrected chi connectivity index (χ0v) is 9.75. The summed E-state index contributed by atoms with van der Waals surface area (Å²) in [6.45, 7) is 6.28. The van der Waals surface area contributed by atoms with Crippen molar-refractivity contribution in [1.29, 1.82) is 0 Å². The van der Waals surface area contributed by atoms with Crippen LogP contribution in [-0.2, 0) is 0 Å². The van der Waals surface area contributed by atoms with E-state index >= 15 is 0 Å². The Morgan fingerprint density at radius 1 is 1.53 bits per heavy atom. The molecule has 0 saturated carbocycles. The van der Waals surface area contributed by atoms with E-state index in [1.165, 1.54) is 5.70 Å². The molecular formula is C13H20N2. The number of nitrogens with one attached hydrogen (secondary N) is 2. The average Bonchev–Trinajstić information content (AvgIpc) is 2.23. The largest absolute Gasteiger partial charge is 0.386 e. The zero-order valence-electron chi connectivity index (χ0n) is 9.75. The summed E-state index contributed by atoms with van der Waals surface area (Å²) in [6, 6.07) is 0.468. The lowest BCUT2D eigenvalue weighted by Crippen LogP contribution is -2.22. The lowest BCUT2D eigenvalue weighted by molar-refractivity contribution is 0.643. The third-order valence-electron chi connectivity index (χ3n) is 2.21. The van der Waals surface area contributed by atoms with Gasteiger partial charge in [-0.3, -0.25) is 0 Å². The second-order valence-electron chi connectivity index (χ2n) is 3.81. The number of allylic oxidation sites excluding steroid dienone is 5. The summed E-state index contributed by atoms with van der Waals surface area (Å²) < 4.78 is 0. The van der Waals surface area contributed by atoms with Crippen molar-refractivity contribution in [2.75, 3.05) is 0 Å². The van der Waals surface area contributed by atoms with E-state index in [0.717, 1.165) is 12.1 Å². The Balaban J connectivity index is 2.38. The molecule has 0 aliphatic carbocycles. The summed E-state index contributed by atoms with van der Waals surface area (Å²) in [5, 5.41) is 6.64. The Bertz CT molecular complexity index is 308. The Hall–Kier alpha value is -1.44. The second kappa shape index (κ2) is 6.12. The highest BCUT2D eigenvalue weighted by molar-refractivity contribution is 5.30. The predicted molar refractivity (Wildman–Crippen MR) is 66.1 cm³/mol. The maximum atomic E-state index is 3.35. The van der Waals surface area contributed by atoms with Crippen LogP contribution in [0.1, 0.15) is 27.2 Å². The van der Waals surface area contributed by atoms with Crippen LogP contribution in [-0.4, -0.2) is 6.04 Å². The molecule has 1 rings (SSSR count). The van der Waals surface area contributed by atoms with Gasteiger partial charge in [0.2, 0.25) is 0 Å². The first-order valence-corrected chi connectivity index (χ1v) is 5.41. The van der Waals surface area contributed by atoms with Gasteiger partial charge in [0.25, 0.3) is 0 Å². The number of hydrogen-bond acceptors (Lipinski definition) is 2. The molecular weight excluding hydrogens is 184 g/mol. The van der Waals surface area contributed by atoms with Crippen molar-refractivity contribution in [3.05, 3.63) is 48.0 Å². The summed E-state index contributed by atoms with van der Waals surface area (Å²) in [7, 11) is 0. The molecule has 0 radical (unpaired) electrons. The molecule has 2 nitrogen and oxygen atoms in total. The number of rotatable bonds is 4. The third-order valence-corrected chi connectivity index (χ3v) is 2.21. The van der Waals surface area contributed by atoms with Crippen molar-refractivity contribution in [1.82, 2.24) is 10.6 Å². The lowest BCUT2D eigenvalue weighted by Gasteiger charge is -2.14. The first-order valence-electron chi connectivity index (χ1n) is 5.41. The maximum Gasteiger partial charge on any atom is 0.0541 e. The van der Waals surface area contributed by atoms with E-state index in [0.29, 0.717) is 6.04 Å². The Morgan fingerprint density at radius 3 is 3.00 bits per heavy atom. The van der Waals surface area contributed by atoms with E-state index in [1.807, 2.05) is 13.1 Å². The van der Waals surface area contributed by atoms with Crippen LogP contribution < -0.4 is 10.6 Å². The normalized spacial score (nSPS) is 20.2. The maximum absolute atomic E-state index is 3.35. The van der Waals surface area contributed by atoms with Gasteiger partial charge in [-0.05, 0) is 39.3 Å². The minimum atomic E-state index is 0.468. The Kier molecular flexibility index (Phi) is 4.75. The quantitative estimate of drug-likeness (QED) is 0.688. The molecule has 1 aliphatic rings. The van der Waals surface area contributed by atoms with Gasteiger partial charge in [-0.15, -0.1) is 0 Å². The molecule has 82 valence electrons. The summed E-state index contributed by atoms with van der Waals surface area (Å²) in [6.07, 6.45) is 13.5. The molecule has 0 aromatic rings. The van der Waals surface area contributed by atoms with Gasteiger partial charge in [-0.25, -0.2) is 0 Å². The van der Waals surface area contributed by atoms with Gasteiger partial charge in [0.15, 0.2) is 0 Å². The standard InChI is InChI=1S/C13H20N2/c1-4-5-7-11(2)14-10-13-9-6-8-12(3)15-13/h4-6,8-11,14-15H,7H2,1-3H3/b5-4-,13-10-/t11-/m1/s1. The molecule has 0 amide bonds. The van der Waals surface area contributed by atoms with Crippen LogP contribution in [0.4, 0.5) is 0 Å². The van der Waals surface area contributed by atoms with Gasteiger partial charge in [0.1, 0.15) is 0 Å². The number of dihydropyridines is 1. The molecule has 1 heterocycles. The second-order valence-corrected chi connectivity index (χ2v) is 3.81. The summed E-state index contributed by atoms with van der Waals surface area (Å²) >= 11 is 0. The monoisotopic (exact) mass is 204 g/mol. The topological polar surface area (TPSA) is 24.1 Å². The minimum Gasteiger partial charge on any atom is -0.386 e. The van der Waals surface area contributed by atoms with E-state index in [9.17, 15) is 0 Å². The molecule has 2 heteroatoms. The lowest BCUT2D eigenvalue weighted by atomic mass is 10.2. The summed E-state index contributed by atoms with van der Waals surface area (Å²) in [4.78, 5) is 0. The molecule has 0 bridgehead atoms. The molecule has 0 saturated heterocycles. The summed E-state index contributed by atoms with van der Waals surface area (Å²) in [5.41, 5.74) is 2.29. The van der Waals surface area contributed by atoms with Crippen molar-refractivity contribution < 1.29 is 0 Å². The predicted octanol–water partition coefficient (Wildman–Crippen LogP) is 2.84. The molecule has 0 fully saturated rings. The third kappa shape index (κ3) is 4.54. The minimum absolute atomic E-state index is 0.468. The van der Waals surface area contributed by atoms with Crippen LogP contribution in [0.2, 0.25) is 0 Å². The Morgan fingerprint density at radius 2 is 2.33 bits per heavy atom. The SMILES string of the molecule is C/C=C\C[C@@H](C)N/C=C1/C=CC=C(C)N1. The average molecular weight is 204 g/mol. The first kappa shape index (κ1) is 11.6. The van der Waals surface area contributed by atoms with E-state index < -0.39 is 0 Å². The van der Waals surface area contributed by atoms with Crippen LogP contribution in [0.15, 0.2) is 48.0 Å². The number of hydrogen-bond donors (Lipinski definition) is 2. The van der Waals surface area contributed by atoms with Gasteiger partial charge in [-0.2, -0.15) is 0 Å². The van der Waals surface area contributed by atoms with Crippen molar-refractivity contribution in [2.24, 2.45) is 0 Å². The van der Waals surface area contributed by atoms with Crippen LogP contribution in [0.25, 0.3) is 0 Å². The molecule has 1 atom stereocenters. The van der Waals surface area contributed by atoms with Gasteiger partial charge < -0.3 is 10.6 Å². The molecule has 0 unspecified atom stereocenters. The fraction of sp³-hybridized carbons (Fsp3) is 0.385. The van der Waals surface area contributed by atoms with Crippen molar-refractivity contribution >= 4 is 0 Å². The van der Waals surface area contributed by atoms with E-state index in [-0.39, 0.29) is 0 Å². The van der Waals surface area contributed by atoms with Gasteiger partial charge in [0.05, 0.1) is 5.70 Å². The van der Waals surface area contributed by atoms with Crippen LogP contribution in [0.5, 0.6) is 0 Å². The molecule has 2 N–H and O–H groups in total. The smallest absolute Gasteiger partial charge is 0.0541 e. The van der Waals surface area contributed by atoms with Crippen molar-refractivity contribution in [2.45, 2.75) is 33.2 Å². The van der Waals surface area contributed by atoms with Crippen LogP contribution in [0, 0.1) is 0 Å². The molecule has 0 aromatic heterocycles. The summed E-state index contributed by atoms with van der Waals surface area (Å²) in [5.74, 6) is 0. The van der Waals surface area contributed by atoms with Crippen LogP contribution in [0.3, 0.4) is 0 Å². The van der Waals surface area contributed by atoms with Gasteiger partial charge in [-0.1, -0.05) is 18.2 Å². The van der Waals surface area contributed by atoms with Crippen molar-refractivity contribution in [3.8, 4) is 0 Å². The highest BCUT2D eigenvalue weighted by Gasteiger charge is 1.99. The fourth-order valence-electron chi connectivity index (χ4n) is 1.33. The van der Waals surface area contributed by atoms with E-state index in [4.69, 9.17) is 0 Å². The molecule has 15 heavy (non-hydrogen) atoms. The Labute approximate surface area is 92.5 Å². The molecule has 1 aliphatic heterocycles. The molecule has 0 aromatic carbocycles. The van der Waals surface area contributed by atoms with Crippen molar-refractivity contribution in [3.63, 3.8) is 0 Å². The van der Waals surface area contributed by atoms with E-state index in [2.05, 4.69) is 54.9 Å². The first-order chi connectivity index (χ1) is 7.22. The van der Waals surface area contributed by atoms with E-state index in [1.54, 1.807) is 0 Å². The van der Waals surface area contributed by atoms with Crippen LogP contribution >= 0.6 is 0 Å². The fourth-order valence-corrected chi connectivity index (χ4v) is 1.33. The van der Waals surface area contributed by atoms with Gasteiger partial charge >= 0.3 is 0 Å². The van der Waals surface area contributed by atoms with Gasteiger partial charge in [0, 0.05) is 17.9 Å². The highest BCUT2D eigenvalue weighted by atomic mass is 14.9.